The van der Waals surface area contributed by atoms with Crippen LogP contribution in [0.5, 0.6) is 0 Å². The number of piperidine rings is 1. The number of hydrogen-bond donors (Lipinski definition) is 1. The number of carbonyl (C=O) groups is 1. The van der Waals surface area contributed by atoms with Crippen LogP contribution in [-0.4, -0.2) is 84.7 Å². The maximum Gasteiger partial charge on any atom is 0.303 e. The Bertz CT molecular complexity index is 621. The fourth-order valence-corrected chi connectivity index (χ4v) is 4.48. The Balaban J connectivity index is 1.60. The summed E-state index contributed by atoms with van der Waals surface area (Å²) < 4.78 is 5.41. The lowest BCUT2D eigenvalue weighted by Gasteiger charge is -2.46. The first-order valence-electron chi connectivity index (χ1n) is 10.1. The smallest absolute Gasteiger partial charge is 0.303 e. The first-order chi connectivity index (χ1) is 13.0. The average molecular weight is 376 g/mol. The Kier molecular flexibility index (Phi) is 7.10. The number of aliphatic carboxylic acids is 1. The van der Waals surface area contributed by atoms with E-state index in [1.807, 2.05) is 12.1 Å². The number of likely N-dealkylation sites (tertiary alicyclic amines) is 1. The Labute approximate surface area is 162 Å². The molecule has 0 saturated carbocycles. The van der Waals surface area contributed by atoms with Crippen molar-refractivity contribution >= 4 is 12.0 Å². The maximum atomic E-state index is 11.2. The Morgan fingerprint density at radius 1 is 1.30 bits per heavy atom. The van der Waals surface area contributed by atoms with Gasteiger partial charge in [0.2, 0.25) is 0 Å². The second-order valence-corrected chi connectivity index (χ2v) is 8.13. The van der Waals surface area contributed by atoms with Crippen LogP contribution in [0.3, 0.4) is 0 Å². The van der Waals surface area contributed by atoms with Crippen LogP contribution in [0.2, 0.25) is 0 Å². The van der Waals surface area contributed by atoms with Gasteiger partial charge in [0.15, 0.2) is 0 Å². The van der Waals surface area contributed by atoms with Gasteiger partial charge in [0.05, 0.1) is 6.26 Å². The summed E-state index contributed by atoms with van der Waals surface area (Å²) in [5.74, 6) is 0.634. The average Bonchev–Trinajstić information content (AvgIpc) is 3.14. The molecular formula is C21H33N3O3. The van der Waals surface area contributed by atoms with Crippen LogP contribution >= 0.6 is 0 Å². The molecule has 27 heavy (non-hydrogen) atoms. The van der Waals surface area contributed by atoms with Crippen molar-refractivity contribution in [3.05, 3.63) is 29.7 Å². The van der Waals surface area contributed by atoms with Crippen molar-refractivity contribution in [1.29, 1.82) is 0 Å². The van der Waals surface area contributed by atoms with E-state index in [1.54, 1.807) is 6.26 Å². The molecule has 0 aliphatic carbocycles. The Hall–Kier alpha value is -1.63. The summed E-state index contributed by atoms with van der Waals surface area (Å²) in [5.41, 5.74) is 1.28. The lowest BCUT2D eigenvalue weighted by atomic mass is 9.86. The molecule has 1 N–H and O–H groups in total. The highest BCUT2D eigenvalue weighted by Gasteiger charge is 2.34. The number of rotatable bonds is 7. The summed E-state index contributed by atoms with van der Waals surface area (Å²) in [6, 6.07) is 4.39. The monoisotopic (exact) mass is 375 g/mol. The first kappa shape index (κ1) is 20.1. The molecule has 2 fully saturated rings. The van der Waals surface area contributed by atoms with Crippen molar-refractivity contribution in [3.63, 3.8) is 0 Å². The summed E-state index contributed by atoms with van der Waals surface area (Å²) in [5, 5.41) is 9.18. The van der Waals surface area contributed by atoms with E-state index in [-0.39, 0.29) is 6.42 Å². The highest BCUT2D eigenvalue weighted by atomic mass is 16.4. The number of nitrogens with zero attached hydrogens (tertiary/aromatic N) is 3. The fourth-order valence-electron chi connectivity index (χ4n) is 4.48. The van der Waals surface area contributed by atoms with E-state index in [4.69, 9.17) is 4.42 Å². The van der Waals surface area contributed by atoms with Crippen molar-refractivity contribution in [3.8, 4) is 0 Å². The molecule has 3 heterocycles. The van der Waals surface area contributed by atoms with Crippen LogP contribution in [-0.2, 0) is 4.79 Å². The number of hydrogen-bond acceptors (Lipinski definition) is 5. The normalized spacial score (nSPS) is 26.4. The summed E-state index contributed by atoms with van der Waals surface area (Å²) in [4.78, 5) is 18.6. The highest BCUT2D eigenvalue weighted by Crippen LogP contribution is 2.27. The zero-order chi connectivity index (χ0) is 19.2. The fraction of sp³-hybridized carbons (Fsp3) is 0.667. The van der Waals surface area contributed by atoms with Gasteiger partial charge in [0, 0.05) is 51.7 Å². The summed E-state index contributed by atoms with van der Waals surface area (Å²) in [7, 11) is 2.18. The number of furan rings is 1. The van der Waals surface area contributed by atoms with Crippen molar-refractivity contribution in [2.45, 2.75) is 32.2 Å². The van der Waals surface area contributed by atoms with Gasteiger partial charge >= 0.3 is 5.97 Å². The Morgan fingerprint density at radius 2 is 2.07 bits per heavy atom. The zero-order valence-corrected chi connectivity index (χ0v) is 16.6. The number of likely N-dealkylation sites (N-methyl/N-ethyl adjacent to an activating group) is 1. The van der Waals surface area contributed by atoms with Crippen molar-refractivity contribution < 1.29 is 14.3 Å². The van der Waals surface area contributed by atoms with E-state index in [1.165, 1.54) is 5.57 Å². The van der Waals surface area contributed by atoms with Gasteiger partial charge in [0.1, 0.15) is 5.76 Å². The van der Waals surface area contributed by atoms with Gasteiger partial charge in [-0.05, 0) is 57.5 Å². The molecule has 2 aliphatic heterocycles. The number of carboxylic acid groups (broad SMARTS) is 1. The number of piperazine rings is 1. The van der Waals surface area contributed by atoms with E-state index in [2.05, 4.69) is 34.7 Å². The molecule has 2 aliphatic rings. The van der Waals surface area contributed by atoms with E-state index in [0.29, 0.717) is 12.0 Å². The summed E-state index contributed by atoms with van der Waals surface area (Å²) in [6.45, 7) is 9.52. The van der Waals surface area contributed by atoms with E-state index >= 15 is 0 Å². The lowest BCUT2D eigenvalue weighted by Crippen LogP contribution is -2.56. The van der Waals surface area contributed by atoms with Gasteiger partial charge in [-0.1, -0.05) is 5.57 Å². The minimum Gasteiger partial charge on any atom is -0.481 e. The van der Waals surface area contributed by atoms with Crippen molar-refractivity contribution in [2.75, 3.05) is 52.9 Å². The van der Waals surface area contributed by atoms with Crippen LogP contribution in [0.4, 0.5) is 0 Å². The predicted molar refractivity (Wildman–Crippen MR) is 107 cm³/mol. The summed E-state index contributed by atoms with van der Waals surface area (Å²) >= 11 is 0. The van der Waals surface area contributed by atoms with Gasteiger partial charge in [-0.2, -0.15) is 0 Å². The largest absolute Gasteiger partial charge is 0.481 e. The van der Waals surface area contributed by atoms with E-state index in [0.717, 1.165) is 64.4 Å². The second kappa shape index (κ2) is 9.53. The van der Waals surface area contributed by atoms with Gasteiger partial charge in [-0.15, -0.1) is 0 Å². The van der Waals surface area contributed by atoms with Crippen LogP contribution in [0.25, 0.3) is 6.08 Å². The molecule has 2 saturated heterocycles. The lowest BCUT2D eigenvalue weighted by molar-refractivity contribution is -0.137. The third kappa shape index (κ3) is 5.92. The van der Waals surface area contributed by atoms with Crippen molar-refractivity contribution in [2.24, 2.45) is 5.92 Å². The van der Waals surface area contributed by atoms with Crippen molar-refractivity contribution in [1.82, 2.24) is 14.7 Å². The van der Waals surface area contributed by atoms with Gasteiger partial charge in [-0.3, -0.25) is 14.6 Å². The molecule has 0 amide bonds. The van der Waals surface area contributed by atoms with Crippen LogP contribution < -0.4 is 0 Å². The molecule has 0 bridgehead atoms. The molecule has 0 aromatic carbocycles. The molecule has 0 radical (unpaired) electrons. The molecule has 1 aromatic rings. The molecule has 0 unspecified atom stereocenters. The Morgan fingerprint density at radius 3 is 2.74 bits per heavy atom. The van der Waals surface area contributed by atoms with E-state index in [9.17, 15) is 9.90 Å². The predicted octanol–water partition coefficient (Wildman–Crippen LogP) is 2.49. The molecule has 3 rings (SSSR count). The van der Waals surface area contributed by atoms with Crippen LogP contribution in [0.1, 0.15) is 31.9 Å². The van der Waals surface area contributed by atoms with Gasteiger partial charge in [-0.25, -0.2) is 0 Å². The molecule has 6 nitrogen and oxygen atoms in total. The number of carboxylic acids is 1. The van der Waals surface area contributed by atoms with E-state index < -0.39 is 5.97 Å². The third-order valence-electron chi connectivity index (χ3n) is 5.92. The molecule has 1 aromatic heterocycles. The quantitative estimate of drug-likeness (QED) is 0.790. The minimum absolute atomic E-state index is 0.268. The topological polar surface area (TPSA) is 60.2 Å². The standard InChI is InChI=1S/C21H33N3O3/c1-17(14-19-4-3-13-27-19)15-23-8-7-20(18(16-23)5-6-21(25)26)24-11-9-22(2)10-12-24/h3-4,13-14,18,20H,5-12,15-16H2,1-2H3,(H,25,26)/b17-14+/t18-,20+/m1/s1. The minimum atomic E-state index is -0.682. The first-order valence-corrected chi connectivity index (χ1v) is 10.1. The molecule has 150 valence electrons. The zero-order valence-electron chi connectivity index (χ0n) is 16.6. The van der Waals surface area contributed by atoms with Gasteiger partial charge < -0.3 is 14.4 Å². The third-order valence-corrected chi connectivity index (χ3v) is 5.92. The molecule has 6 heteroatoms. The van der Waals surface area contributed by atoms with Crippen LogP contribution in [0.15, 0.2) is 28.4 Å². The second-order valence-electron chi connectivity index (χ2n) is 8.13. The maximum absolute atomic E-state index is 11.2. The highest BCUT2D eigenvalue weighted by molar-refractivity contribution is 5.66. The molecule has 2 atom stereocenters. The summed E-state index contributed by atoms with van der Waals surface area (Å²) in [6.07, 6.45) is 5.96. The van der Waals surface area contributed by atoms with Crippen LogP contribution in [0, 0.1) is 5.92 Å². The molecule has 0 spiro atoms. The molecular weight excluding hydrogens is 342 g/mol. The van der Waals surface area contributed by atoms with Gasteiger partial charge in [0.25, 0.3) is 0 Å². The SMILES string of the molecule is C/C(=C\c1ccco1)CN1CC[C@H](N2CCN(C)CC2)[C@H](CCC(=O)O)C1.